The van der Waals surface area contributed by atoms with Gasteiger partial charge in [-0.3, -0.25) is 4.79 Å². The van der Waals surface area contributed by atoms with Crippen molar-refractivity contribution in [1.82, 2.24) is 4.31 Å². The van der Waals surface area contributed by atoms with Crippen LogP contribution in [0, 0.1) is 33.5 Å². The zero-order valence-corrected chi connectivity index (χ0v) is 28.2. The Balaban J connectivity index is 1.33. The fraction of sp³-hybridized carbons (Fsp3) is 0.694. The van der Waals surface area contributed by atoms with E-state index in [1.807, 2.05) is 13.0 Å². The van der Waals surface area contributed by atoms with Crippen molar-refractivity contribution in [2.24, 2.45) is 33.5 Å². The van der Waals surface area contributed by atoms with E-state index in [4.69, 9.17) is 4.74 Å². The van der Waals surface area contributed by atoms with Gasteiger partial charge in [-0.15, -0.1) is 0 Å². The predicted molar refractivity (Wildman–Crippen MR) is 170 cm³/mol. The number of Topliss-reactive ketones (excluding diaryl/α,β-unsaturated/α-hetero) is 1. The van der Waals surface area contributed by atoms with Crippen molar-refractivity contribution in [2.45, 2.75) is 95.6 Å². The number of rotatable bonds is 7. The first-order valence-electron chi connectivity index (χ1n) is 17.0. The fourth-order valence-corrected chi connectivity index (χ4v) is 12.1. The highest BCUT2D eigenvalue weighted by Crippen LogP contribution is 2.78. The molecule has 8 rings (SSSR count). The summed E-state index contributed by atoms with van der Waals surface area (Å²) in [4.78, 5) is 14.6. The highest BCUT2D eigenvalue weighted by Gasteiger charge is 2.74. The number of carbonyl (C=O) groups is 1. The molecule has 0 aromatic heterocycles. The molecule has 0 amide bonds. The number of alkyl halides is 3. The average molecular weight is 678 g/mol. The average Bonchev–Trinajstić information content (AvgIpc) is 3.61. The molecule has 2 N–H and O–H groups in total. The van der Waals surface area contributed by atoms with Crippen molar-refractivity contribution >= 4 is 15.8 Å². The van der Waals surface area contributed by atoms with E-state index < -0.39 is 55.5 Å². The number of aliphatic hydroxyl groups is 2. The molecule has 4 fully saturated rings. The van der Waals surface area contributed by atoms with Crippen LogP contribution in [0.25, 0.3) is 0 Å². The molecule has 7 aliphatic rings. The molecule has 1 heterocycles. The Kier molecular flexibility index (Phi) is 7.63. The SMILES string of the molecule is CC12CCC(O)CC13C=CC1(C(C(=O)c4cccc(C(F)(F)F)c4)=C3)C2CCC2(C)C1CCC2(O)CN(CC1CCCO1)S(C)(=O)=O. The van der Waals surface area contributed by atoms with Gasteiger partial charge < -0.3 is 14.9 Å². The van der Waals surface area contributed by atoms with Crippen molar-refractivity contribution < 1.29 is 41.3 Å². The minimum Gasteiger partial charge on any atom is -0.393 e. The zero-order valence-electron chi connectivity index (χ0n) is 27.4. The fourth-order valence-electron chi connectivity index (χ4n) is 11.2. The Labute approximate surface area is 275 Å². The first-order valence-corrected chi connectivity index (χ1v) is 18.9. The second-order valence-electron chi connectivity index (χ2n) is 15.9. The molecule has 258 valence electrons. The Morgan fingerprint density at radius 2 is 1.74 bits per heavy atom. The third-order valence-corrected chi connectivity index (χ3v) is 15.0. The number of aliphatic hydroxyl groups excluding tert-OH is 1. The van der Waals surface area contributed by atoms with Crippen molar-refractivity contribution in [3.8, 4) is 0 Å². The second-order valence-corrected chi connectivity index (χ2v) is 17.9. The van der Waals surface area contributed by atoms with Crippen LogP contribution < -0.4 is 0 Å². The molecular weight excluding hydrogens is 631 g/mol. The van der Waals surface area contributed by atoms with Gasteiger partial charge in [0.2, 0.25) is 10.0 Å². The van der Waals surface area contributed by atoms with Crippen LogP contribution in [0.1, 0.15) is 87.6 Å². The van der Waals surface area contributed by atoms with Gasteiger partial charge in [0, 0.05) is 47.1 Å². The lowest BCUT2D eigenvalue weighted by atomic mass is 9.32. The maximum atomic E-state index is 14.6. The number of halogens is 3. The van der Waals surface area contributed by atoms with Crippen LogP contribution in [-0.2, 0) is 20.9 Å². The molecule has 2 spiro atoms. The molecule has 1 saturated heterocycles. The molecule has 3 saturated carbocycles. The molecule has 11 heteroatoms. The number of sulfonamides is 1. The summed E-state index contributed by atoms with van der Waals surface area (Å²) in [5.41, 5.74) is -4.45. The maximum Gasteiger partial charge on any atom is 0.416 e. The van der Waals surface area contributed by atoms with E-state index >= 15 is 0 Å². The molecule has 1 aromatic rings. The molecule has 9 unspecified atom stereocenters. The number of hydrogen-bond acceptors (Lipinski definition) is 6. The Bertz CT molecular complexity index is 1640. The smallest absolute Gasteiger partial charge is 0.393 e. The Morgan fingerprint density at radius 3 is 2.43 bits per heavy atom. The second kappa shape index (κ2) is 10.7. The van der Waals surface area contributed by atoms with E-state index in [2.05, 4.69) is 19.1 Å². The van der Waals surface area contributed by atoms with Gasteiger partial charge >= 0.3 is 6.18 Å². The zero-order chi connectivity index (χ0) is 33.8. The summed E-state index contributed by atoms with van der Waals surface area (Å²) in [6, 6.07) is 4.59. The third kappa shape index (κ3) is 4.80. The van der Waals surface area contributed by atoms with Crippen LogP contribution in [0.3, 0.4) is 0 Å². The van der Waals surface area contributed by atoms with Gasteiger partial charge in [0.1, 0.15) is 0 Å². The number of ketones is 1. The number of nitrogens with zero attached hydrogens (tertiary/aromatic N) is 1. The summed E-state index contributed by atoms with van der Waals surface area (Å²) in [5, 5.41) is 23.5. The minimum absolute atomic E-state index is 0.0324. The van der Waals surface area contributed by atoms with E-state index in [-0.39, 0.29) is 42.0 Å². The number of ether oxygens (including phenoxy) is 1. The lowest BCUT2D eigenvalue weighted by Gasteiger charge is -2.71. The molecule has 1 aromatic carbocycles. The summed E-state index contributed by atoms with van der Waals surface area (Å²) in [6.07, 6.45) is 7.52. The molecule has 0 radical (unpaired) electrons. The summed E-state index contributed by atoms with van der Waals surface area (Å²) >= 11 is 0. The van der Waals surface area contributed by atoms with Crippen LogP contribution in [0.4, 0.5) is 13.2 Å². The van der Waals surface area contributed by atoms with E-state index in [1.54, 1.807) is 0 Å². The van der Waals surface area contributed by atoms with Crippen molar-refractivity contribution in [3.05, 3.63) is 59.2 Å². The maximum absolute atomic E-state index is 14.6. The molecule has 47 heavy (non-hydrogen) atoms. The van der Waals surface area contributed by atoms with Crippen molar-refractivity contribution in [3.63, 3.8) is 0 Å². The van der Waals surface area contributed by atoms with Gasteiger partial charge in [-0.25, -0.2) is 8.42 Å². The van der Waals surface area contributed by atoms with Gasteiger partial charge in [-0.2, -0.15) is 17.5 Å². The molecular formula is C36H46F3NO6S. The monoisotopic (exact) mass is 677 g/mol. The highest BCUT2D eigenvalue weighted by molar-refractivity contribution is 7.88. The Hall–Kier alpha value is -2.05. The van der Waals surface area contributed by atoms with Crippen molar-refractivity contribution in [1.29, 1.82) is 0 Å². The quantitative estimate of drug-likeness (QED) is 0.275. The minimum atomic E-state index is -4.61. The van der Waals surface area contributed by atoms with Gasteiger partial charge in [-0.05, 0) is 87.2 Å². The molecule has 2 bridgehead atoms. The number of hydrogen-bond donors (Lipinski definition) is 2. The lowest BCUT2D eigenvalue weighted by molar-refractivity contribution is -0.174. The predicted octanol–water partition coefficient (Wildman–Crippen LogP) is 5.92. The number of benzene rings is 1. The van der Waals surface area contributed by atoms with Crippen LogP contribution in [0.2, 0.25) is 0 Å². The molecule has 7 nitrogen and oxygen atoms in total. The van der Waals surface area contributed by atoms with E-state index in [9.17, 15) is 36.6 Å². The molecule has 1 aliphatic heterocycles. The van der Waals surface area contributed by atoms with E-state index in [1.165, 1.54) is 16.4 Å². The summed E-state index contributed by atoms with van der Waals surface area (Å²) in [5.74, 6) is -0.759. The molecule has 9 atom stereocenters. The standard InChI is InChI=1S/C36H46F3NO6S/c1-31-12-9-25(41)19-33(31)15-16-35(27(20-33)30(42)23-6-4-7-24(18-23)36(37,38)39)28(31)10-13-32(2)29(35)11-14-34(32,43)22-40(47(3,44)45)21-26-8-5-17-46-26/h4,6-7,15-16,18,20,25-26,28-29,41,43H,5,8-14,17,19,21-22H2,1-3H3. The summed E-state index contributed by atoms with van der Waals surface area (Å²) in [7, 11) is -3.69. The number of allylic oxidation sites excluding steroid dienone is 4. The normalized spacial score (nSPS) is 42.6. The topological polar surface area (TPSA) is 104 Å². The van der Waals surface area contributed by atoms with E-state index in [0.717, 1.165) is 37.7 Å². The van der Waals surface area contributed by atoms with Gasteiger partial charge in [-0.1, -0.05) is 44.2 Å². The lowest BCUT2D eigenvalue weighted by Crippen LogP contribution is -2.67. The van der Waals surface area contributed by atoms with Crippen LogP contribution in [0.15, 0.2) is 48.1 Å². The summed E-state index contributed by atoms with van der Waals surface area (Å²) in [6.45, 7) is 4.91. The molecule has 6 aliphatic carbocycles. The van der Waals surface area contributed by atoms with E-state index in [0.29, 0.717) is 50.7 Å². The van der Waals surface area contributed by atoms with Crippen LogP contribution in [-0.4, -0.2) is 72.5 Å². The number of fused-ring (bicyclic) bond motifs is 1. The van der Waals surface area contributed by atoms with Crippen LogP contribution >= 0.6 is 0 Å². The first kappa shape index (κ1) is 33.4. The number of carbonyl (C=O) groups excluding carboxylic acids is 1. The Morgan fingerprint density at radius 1 is 1.04 bits per heavy atom. The summed E-state index contributed by atoms with van der Waals surface area (Å²) < 4.78 is 74.6. The van der Waals surface area contributed by atoms with Crippen LogP contribution in [0.5, 0.6) is 0 Å². The van der Waals surface area contributed by atoms with Gasteiger partial charge in [0.05, 0.1) is 29.6 Å². The highest BCUT2D eigenvalue weighted by atomic mass is 32.2. The first-order chi connectivity index (χ1) is 21.9. The van der Waals surface area contributed by atoms with Gasteiger partial charge in [0.25, 0.3) is 0 Å². The van der Waals surface area contributed by atoms with Gasteiger partial charge in [0.15, 0.2) is 5.78 Å². The third-order valence-electron chi connectivity index (χ3n) is 13.7. The largest absolute Gasteiger partial charge is 0.416 e. The van der Waals surface area contributed by atoms with Crippen molar-refractivity contribution in [2.75, 3.05) is 26.0 Å².